The summed E-state index contributed by atoms with van der Waals surface area (Å²) in [6.45, 7) is 5.33. The molecule has 0 unspecified atom stereocenters. The van der Waals surface area contributed by atoms with Crippen molar-refractivity contribution in [2.24, 2.45) is 0 Å². The fourth-order valence-electron chi connectivity index (χ4n) is 2.17. The van der Waals surface area contributed by atoms with Gasteiger partial charge in [0.05, 0.1) is 5.02 Å². The molecule has 1 heterocycles. The highest BCUT2D eigenvalue weighted by Crippen LogP contribution is 2.28. The molecule has 0 radical (unpaired) electrons. The van der Waals surface area contributed by atoms with E-state index in [0.717, 1.165) is 32.7 Å². The number of hydrogen-bond donors (Lipinski definition) is 1. The highest BCUT2D eigenvalue weighted by atomic mass is 35.5. The molecule has 5 nitrogen and oxygen atoms in total. The molecule has 110 valence electrons. The Morgan fingerprint density at radius 3 is 2.70 bits per heavy atom. The Hall–Kier alpha value is -1.30. The fourth-order valence-corrected chi connectivity index (χ4v) is 2.40. The first-order valence-electron chi connectivity index (χ1n) is 6.63. The van der Waals surface area contributed by atoms with Crippen LogP contribution in [0.25, 0.3) is 0 Å². The zero-order valence-corrected chi connectivity index (χ0v) is 12.3. The number of hydrogen-bond acceptors (Lipinski definition) is 4. The summed E-state index contributed by atoms with van der Waals surface area (Å²) in [5, 5.41) is 9.45. The number of rotatable bonds is 5. The minimum atomic E-state index is -1.03. The van der Waals surface area contributed by atoms with Crippen molar-refractivity contribution >= 4 is 17.6 Å². The Labute approximate surface area is 123 Å². The molecular weight excluding hydrogens is 280 g/mol. The van der Waals surface area contributed by atoms with Gasteiger partial charge < -0.3 is 14.7 Å². The summed E-state index contributed by atoms with van der Waals surface area (Å²) in [5.41, 5.74) is 0.107. The molecular formula is C14H19ClN2O3. The Morgan fingerprint density at radius 1 is 1.35 bits per heavy atom. The first-order valence-corrected chi connectivity index (χ1v) is 7.01. The average molecular weight is 299 g/mol. The number of carbonyl (C=O) groups is 1. The zero-order chi connectivity index (χ0) is 14.5. The SMILES string of the molecule is CN1CCN(CCOc2c(Cl)cccc2C(=O)O)CC1. The van der Waals surface area contributed by atoms with E-state index in [9.17, 15) is 4.79 Å². The highest BCUT2D eigenvalue weighted by Gasteiger charge is 2.16. The number of carboxylic acid groups (broad SMARTS) is 1. The third kappa shape index (κ3) is 3.85. The van der Waals surface area contributed by atoms with Crippen LogP contribution in [0.4, 0.5) is 0 Å². The molecule has 2 rings (SSSR count). The molecule has 1 aliphatic rings. The molecule has 1 N–H and O–H groups in total. The summed E-state index contributed by atoms with van der Waals surface area (Å²) < 4.78 is 5.59. The molecule has 0 saturated carbocycles. The maximum atomic E-state index is 11.1. The molecule has 1 aliphatic heterocycles. The normalized spacial score (nSPS) is 17.1. The summed E-state index contributed by atoms with van der Waals surface area (Å²) in [4.78, 5) is 15.7. The van der Waals surface area contributed by atoms with Gasteiger partial charge in [0, 0.05) is 32.7 Å². The standard InChI is InChI=1S/C14H19ClN2O3/c1-16-5-7-17(8-6-16)9-10-20-13-11(14(18)19)3-2-4-12(13)15/h2-4H,5-10H2,1H3,(H,18,19). The van der Waals surface area contributed by atoms with Crippen LogP contribution in [0.1, 0.15) is 10.4 Å². The highest BCUT2D eigenvalue weighted by molar-refractivity contribution is 6.32. The van der Waals surface area contributed by atoms with Gasteiger partial charge in [0.25, 0.3) is 0 Å². The lowest BCUT2D eigenvalue weighted by Crippen LogP contribution is -2.45. The molecule has 1 aromatic rings. The van der Waals surface area contributed by atoms with Crippen molar-refractivity contribution in [3.8, 4) is 5.75 Å². The number of likely N-dealkylation sites (N-methyl/N-ethyl adjacent to an activating group) is 1. The molecule has 0 aliphatic carbocycles. The lowest BCUT2D eigenvalue weighted by atomic mass is 10.2. The second kappa shape index (κ2) is 6.92. The van der Waals surface area contributed by atoms with E-state index in [1.54, 1.807) is 12.1 Å². The molecule has 0 aromatic heterocycles. The monoisotopic (exact) mass is 298 g/mol. The van der Waals surface area contributed by atoms with E-state index in [4.69, 9.17) is 21.4 Å². The predicted molar refractivity (Wildman–Crippen MR) is 77.8 cm³/mol. The topological polar surface area (TPSA) is 53.0 Å². The van der Waals surface area contributed by atoms with Crippen LogP contribution < -0.4 is 4.74 Å². The van der Waals surface area contributed by atoms with E-state index in [-0.39, 0.29) is 11.3 Å². The molecule has 1 fully saturated rings. The van der Waals surface area contributed by atoms with Crippen molar-refractivity contribution in [3.05, 3.63) is 28.8 Å². The maximum absolute atomic E-state index is 11.1. The van der Waals surface area contributed by atoms with Crippen molar-refractivity contribution in [1.82, 2.24) is 9.80 Å². The molecule has 6 heteroatoms. The first-order chi connectivity index (χ1) is 9.58. The molecule has 0 atom stereocenters. The van der Waals surface area contributed by atoms with Crippen molar-refractivity contribution < 1.29 is 14.6 Å². The van der Waals surface area contributed by atoms with Gasteiger partial charge in [-0.05, 0) is 19.2 Å². The van der Waals surface area contributed by atoms with Crippen LogP contribution in [-0.2, 0) is 0 Å². The van der Waals surface area contributed by atoms with Gasteiger partial charge in [-0.3, -0.25) is 4.90 Å². The van der Waals surface area contributed by atoms with Gasteiger partial charge in [-0.25, -0.2) is 4.79 Å². The molecule has 0 amide bonds. The van der Waals surface area contributed by atoms with Crippen molar-refractivity contribution in [2.45, 2.75) is 0 Å². The lowest BCUT2D eigenvalue weighted by Gasteiger charge is -2.32. The number of nitrogens with zero attached hydrogens (tertiary/aromatic N) is 2. The van der Waals surface area contributed by atoms with Crippen molar-refractivity contribution in [1.29, 1.82) is 0 Å². The van der Waals surface area contributed by atoms with Gasteiger partial charge in [-0.15, -0.1) is 0 Å². The average Bonchev–Trinajstić information content (AvgIpc) is 2.42. The maximum Gasteiger partial charge on any atom is 0.339 e. The second-order valence-corrected chi connectivity index (χ2v) is 5.32. The number of aromatic carboxylic acids is 1. The largest absolute Gasteiger partial charge is 0.490 e. The number of halogens is 1. The van der Waals surface area contributed by atoms with E-state index >= 15 is 0 Å². The summed E-state index contributed by atoms with van der Waals surface area (Å²) in [6, 6.07) is 4.75. The molecule has 1 aromatic carbocycles. The van der Waals surface area contributed by atoms with Gasteiger partial charge in [-0.1, -0.05) is 17.7 Å². The third-order valence-corrected chi connectivity index (χ3v) is 3.74. The Balaban J connectivity index is 1.89. The molecule has 0 bridgehead atoms. The molecule has 1 saturated heterocycles. The van der Waals surface area contributed by atoms with Crippen molar-refractivity contribution in [3.63, 3.8) is 0 Å². The lowest BCUT2D eigenvalue weighted by molar-refractivity contribution is 0.0691. The van der Waals surface area contributed by atoms with Gasteiger partial charge in [-0.2, -0.15) is 0 Å². The van der Waals surface area contributed by atoms with Gasteiger partial charge in [0.1, 0.15) is 12.2 Å². The van der Waals surface area contributed by atoms with Crippen LogP contribution >= 0.6 is 11.6 Å². The summed E-state index contributed by atoms with van der Waals surface area (Å²) in [5.74, 6) is -0.766. The fraction of sp³-hybridized carbons (Fsp3) is 0.500. The van der Waals surface area contributed by atoms with Crippen LogP contribution in [0.2, 0.25) is 5.02 Å². The number of para-hydroxylation sites is 1. The van der Waals surface area contributed by atoms with Crippen LogP contribution in [-0.4, -0.2) is 67.3 Å². The Kier molecular flexibility index (Phi) is 5.23. The Morgan fingerprint density at radius 2 is 2.05 bits per heavy atom. The summed E-state index contributed by atoms with van der Waals surface area (Å²) in [6.07, 6.45) is 0. The number of piperazine rings is 1. The second-order valence-electron chi connectivity index (χ2n) is 4.92. The van der Waals surface area contributed by atoms with Crippen LogP contribution in [0.3, 0.4) is 0 Å². The van der Waals surface area contributed by atoms with Crippen LogP contribution in [0.5, 0.6) is 5.75 Å². The number of benzene rings is 1. The summed E-state index contributed by atoms with van der Waals surface area (Å²) in [7, 11) is 2.11. The van der Waals surface area contributed by atoms with E-state index < -0.39 is 5.97 Å². The minimum absolute atomic E-state index is 0.107. The van der Waals surface area contributed by atoms with E-state index in [2.05, 4.69) is 16.8 Å². The van der Waals surface area contributed by atoms with Crippen LogP contribution in [0, 0.1) is 0 Å². The van der Waals surface area contributed by atoms with Gasteiger partial charge >= 0.3 is 5.97 Å². The van der Waals surface area contributed by atoms with Crippen LogP contribution in [0.15, 0.2) is 18.2 Å². The third-order valence-electron chi connectivity index (χ3n) is 3.45. The van der Waals surface area contributed by atoms with E-state index in [1.165, 1.54) is 6.07 Å². The van der Waals surface area contributed by atoms with Gasteiger partial charge in [0.15, 0.2) is 5.75 Å². The van der Waals surface area contributed by atoms with Gasteiger partial charge in [0.2, 0.25) is 0 Å². The number of ether oxygens (including phenoxy) is 1. The van der Waals surface area contributed by atoms with E-state index in [0.29, 0.717) is 11.6 Å². The Bertz CT molecular complexity index is 473. The smallest absolute Gasteiger partial charge is 0.339 e. The number of carboxylic acids is 1. The molecule has 0 spiro atoms. The predicted octanol–water partition coefficient (Wildman–Crippen LogP) is 1.66. The quantitative estimate of drug-likeness (QED) is 0.896. The van der Waals surface area contributed by atoms with Crippen molar-refractivity contribution in [2.75, 3.05) is 46.4 Å². The first kappa shape index (κ1) is 15.1. The summed E-state index contributed by atoms with van der Waals surface area (Å²) >= 11 is 6.01. The molecule has 20 heavy (non-hydrogen) atoms. The van der Waals surface area contributed by atoms with E-state index in [1.807, 2.05) is 0 Å². The minimum Gasteiger partial charge on any atom is -0.490 e. The zero-order valence-electron chi connectivity index (χ0n) is 11.5.